The van der Waals surface area contributed by atoms with Gasteiger partial charge in [-0.05, 0) is 62.6 Å². The standard InChI is InChI=1S/C38H39ClF3N9O5/c1-20-14-28(34(54)45-27-9-7-24(16-26(27)39)38(40,41)42)51(36-46-33(47-48(36)5)22-6-8-25-23(15-22)18-56-37(25,3)4)31(20)29(17-52)49-10-12-50(13-11-49)35(55)30-32(53)21(2)43-19-44-30/h6-9,15-17,19-20,28,53H,10-14,18H2,1-5H3,(H,45,54)/b31-29+. The van der Waals surface area contributed by atoms with Gasteiger partial charge in [0, 0.05) is 44.7 Å². The molecule has 2 saturated heterocycles. The molecule has 2 aromatic heterocycles. The monoisotopic (exact) mass is 793 g/mol. The zero-order chi connectivity index (χ0) is 40.3. The fourth-order valence-electron chi connectivity index (χ4n) is 7.52. The molecular weight excluding hydrogens is 755 g/mol. The van der Waals surface area contributed by atoms with Gasteiger partial charge in [0.05, 0.1) is 45.6 Å². The Morgan fingerprint density at radius 3 is 2.46 bits per heavy atom. The van der Waals surface area contributed by atoms with Crippen molar-refractivity contribution < 1.29 is 37.4 Å². The number of ether oxygens (including phenoxy) is 1. The van der Waals surface area contributed by atoms with Crippen LogP contribution in [0.5, 0.6) is 5.75 Å². The van der Waals surface area contributed by atoms with E-state index in [0.29, 0.717) is 30.0 Å². The number of rotatable bonds is 7. The first kappa shape index (κ1) is 38.7. The maximum absolute atomic E-state index is 14.2. The highest BCUT2D eigenvalue weighted by Crippen LogP contribution is 2.42. The number of hydrogen-bond acceptors (Lipinski definition) is 11. The second-order valence-electron chi connectivity index (χ2n) is 14.6. The number of halogens is 4. The van der Waals surface area contributed by atoms with E-state index < -0.39 is 41.1 Å². The van der Waals surface area contributed by atoms with Crippen molar-refractivity contribution in [1.82, 2.24) is 34.5 Å². The molecule has 3 aliphatic heterocycles. The number of benzene rings is 2. The number of aromatic hydroxyl groups is 1. The average molecular weight is 794 g/mol. The molecule has 2 aromatic carbocycles. The minimum absolute atomic E-state index is 0.0158. The Kier molecular flexibility index (Phi) is 10.0. The molecule has 2 N–H and O–H groups in total. The van der Waals surface area contributed by atoms with Gasteiger partial charge in [-0.3, -0.25) is 19.3 Å². The van der Waals surface area contributed by atoms with Gasteiger partial charge in [0.1, 0.15) is 12.4 Å². The summed E-state index contributed by atoms with van der Waals surface area (Å²) in [7, 11) is 1.67. The largest absolute Gasteiger partial charge is 0.504 e. The van der Waals surface area contributed by atoms with Crippen molar-refractivity contribution in [2.24, 2.45) is 13.0 Å². The first-order valence-electron chi connectivity index (χ1n) is 17.9. The van der Waals surface area contributed by atoms with Crippen molar-refractivity contribution in [2.45, 2.75) is 58.5 Å². The first-order chi connectivity index (χ1) is 26.5. The normalized spacial score (nSPS) is 20.3. The summed E-state index contributed by atoms with van der Waals surface area (Å²) in [6, 6.07) is 7.52. The third-order valence-electron chi connectivity index (χ3n) is 10.5. The van der Waals surface area contributed by atoms with Gasteiger partial charge in [0.15, 0.2) is 23.6 Å². The highest BCUT2D eigenvalue weighted by molar-refractivity contribution is 6.33. The van der Waals surface area contributed by atoms with Crippen molar-refractivity contribution >= 4 is 41.3 Å². The van der Waals surface area contributed by atoms with E-state index in [4.69, 9.17) is 26.4 Å². The summed E-state index contributed by atoms with van der Waals surface area (Å²) in [6.45, 7) is 8.71. The molecule has 2 unspecified atom stereocenters. The molecule has 294 valence electrons. The van der Waals surface area contributed by atoms with Crippen molar-refractivity contribution in [1.29, 1.82) is 0 Å². The van der Waals surface area contributed by atoms with Crippen LogP contribution in [-0.2, 0) is 39.8 Å². The molecule has 3 aliphatic rings. The summed E-state index contributed by atoms with van der Waals surface area (Å²) >= 11 is 6.24. The predicted molar refractivity (Wildman–Crippen MR) is 198 cm³/mol. The molecule has 5 heterocycles. The van der Waals surface area contributed by atoms with Crippen LogP contribution in [0.25, 0.3) is 11.4 Å². The number of nitrogens with zero attached hydrogens (tertiary/aromatic N) is 8. The Labute approximate surface area is 324 Å². The number of anilines is 2. The van der Waals surface area contributed by atoms with E-state index in [2.05, 4.69) is 15.3 Å². The number of aryl methyl sites for hydroxylation is 2. The lowest BCUT2D eigenvalue weighted by molar-refractivity contribution is -0.137. The molecule has 14 nitrogen and oxygen atoms in total. The number of alkyl halides is 3. The molecule has 0 radical (unpaired) electrons. The Morgan fingerprint density at radius 2 is 1.79 bits per heavy atom. The SMILES string of the molecule is Cc1ncnc(C(=O)N2CCN(/C(C=O)=C3\C(C)CC(C(=O)Nc4ccc(C(F)(F)F)cc4Cl)N3c3nc(-c4ccc5c(c4)COC5(C)C)nn3C)CC2)c1O. The molecule has 0 bridgehead atoms. The van der Waals surface area contributed by atoms with E-state index in [1.807, 2.05) is 43.9 Å². The number of carbonyl (C=O) groups excluding carboxylic acids is 3. The number of hydrogen-bond donors (Lipinski definition) is 2. The van der Waals surface area contributed by atoms with Gasteiger partial charge in [-0.1, -0.05) is 30.7 Å². The summed E-state index contributed by atoms with van der Waals surface area (Å²) in [5.41, 5.74) is 2.24. The lowest BCUT2D eigenvalue weighted by Gasteiger charge is -2.38. The van der Waals surface area contributed by atoms with Crippen LogP contribution in [0.3, 0.4) is 0 Å². The van der Waals surface area contributed by atoms with Gasteiger partial charge in [0.2, 0.25) is 11.9 Å². The lowest BCUT2D eigenvalue weighted by atomic mass is 9.94. The van der Waals surface area contributed by atoms with Crippen LogP contribution in [0, 0.1) is 12.8 Å². The van der Waals surface area contributed by atoms with E-state index >= 15 is 0 Å². The van der Waals surface area contributed by atoms with Crippen LogP contribution in [0.2, 0.25) is 5.02 Å². The predicted octanol–water partition coefficient (Wildman–Crippen LogP) is 5.45. The molecule has 4 aromatic rings. The number of nitrogens with one attached hydrogen (secondary N) is 1. The summed E-state index contributed by atoms with van der Waals surface area (Å²) in [6.07, 6.45) is -2.51. The Hall–Kier alpha value is -5.55. The zero-order valence-corrected chi connectivity index (χ0v) is 31.9. The van der Waals surface area contributed by atoms with Gasteiger partial charge >= 0.3 is 6.18 Å². The number of amides is 2. The molecule has 0 aliphatic carbocycles. The highest BCUT2D eigenvalue weighted by atomic mass is 35.5. The van der Waals surface area contributed by atoms with Crippen molar-refractivity contribution in [3.63, 3.8) is 0 Å². The minimum Gasteiger partial charge on any atom is -0.504 e. The maximum Gasteiger partial charge on any atom is 0.416 e. The van der Waals surface area contributed by atoms with Gasteiger partial charge < -0.3 is 25.0 Å². The van der Waals surface area contributed by atoms with Crippen molar-refractivity contribution in [3.05, 3.63) is 87.2 Å². The van der Waals surface area contributed by atoms with E-state index in [-0.39, 0.29) is 72.1 Å². The maximum atomic E-state index is 14.2. The number of aldehydes is 1. The number of piperazine rings is 1. The van der Waals surface area contributed by atoms with Crippen molar-refractivity contribution in [3.8, 4) is 17.1 Å². The summed E-state index contributed by atoms with van der Waals surface area (Å²) < 4.78 is 47.6. The van der Waals surface area contributed by atoms with Crippen molar-refractivity contribution in [2.75, 3.05) is 36.4 Å². The van der Waals surface area contributed by atoms with Gasteiger partial charge in [-0.15, -0.1) is 5.10 Å². The van der Waals surface area contributed by atoms with Crippen LogP contribution in [-0.4, -0.2) is 90.0 Å². The molecule has 0 spiro atoms. The summed E-state index contributed by atoms with van der Waals surface area (Å²) in [5, 5.41) is 17.5. The Bertz CT molecular complexity index is 2270. The van der Waals surface area contributed by atoms with E-state index in [1.165, 1.54) is 15.9 Å². The van der Waals surface area contributed by atoms with Gasteiger partial charge in [-0.25, -0.2) is 14.6 Å². The number of allylic oxidation sites excluding steroid dienone is 2. The molecule has 2 fully saturated rings. The number of fused-ring (bicyclic) bond motifs is 1. The second kappa shape index (κ2) is 14.5. The zero-order valence-electron chi connectivity index (χ0n) is 31.2. The Morgan fingerprint density at radius 1 is 1.07 bits per heavy atom. The number of aromatic nitrogens is 5. The molecule has 0 saturated carbocycles. The highest BCUT2D eigenvalue weighted by Gasteiger charge is 2.45. The number of carbonyl (C=O) groups is 3. The van der Waals surface area contributed by atoms with E-state index in [1.54, 1.807) is 18.9 Å². The third kappa shape index (κ3) is 7.04. The fourth-order valence-corrected chi connectivity index (χ4v) is 7.75. The second-order valence-corrected chi connectivity index (χ2v) is 15.0. The van der Waals surface area contributed by atoms with E-state index in [0.717, 1.165) is 29.3 Å². The third-order valence-corrected chi connectivity index (χ3v) is 10.8. The first-order valence-corrected chi connectivity index (χ1v) is 18.3. The summed E-state index contributed by atoms with van der Waals surface area (Å²) in [5.74, 6) is -1.15. The molecule has 2 amide bonds. The smallest absolute Gasteiger partial charge is 0.416 e. The topological polar surface area (TPSA) is 159 Å². The van der Waals surface area contributed by atoms with E-state index in [9.17, 15) is 32.7 Å². The minimum atomic E-state index is -4.63. The van der Waals surface area contributed by atoms with Crippen LogP contribution >= 0.6 is 11.6 Å². The molecule has 2 atom stereocenters. The molecule has 7 rings (SSSR count). The lowest BCUT2D eigenvalue weighted by Crippen LogP contribution is -2.49. The van der Waals surface area contributed by atoms with Gasteiger partial charge in [-0.2, -0.15) is 18.2 Å². The fraction of sp³-hybridized carbons (Fsp3) is 0.395. The summed E-state index contributed by atoms with van der Waals surface area (Å²) in [4.78, 5) is 58.4. The molecule has 18 heteroatoms. The molecular formula is C38H39ClF3N9O5. The average Bonchev–Trinajstić information content (AvgIpc) is 3.81. The van der Waals surface area contributed by atoms with Crippen LogP contribution in [0.4, 0.5) is 24.8 Å². The van der Waals surface area contributed by atoms with Crippen LogP contribution in [0.1, 0.15) is 60.1 Å². The van der Waals surface area contributed by atoms with Crippen LogP contribution < -0.4 is 10.2 Å². The van der Waals surface area contributed by atoms with Gasteiger partial charge in [0.25, 0.3) is 5.91 Å². The molecule has 56 heavy (non-hydrogen) atoms. The quantitative estimate of drug-likeness (QED) is 0.181. The van der Waals surface area contributed by atoms with Crippen LogP contribution in [0.15, 0.2) is 54.1 Å². The Balaban J connectivity index is 1.24.